The van der Waals surface area contributed by atoms with Gasteiger partial charge in [-0.15, -0.1) is 0 Å². The van der Waals surface area contributed by atoms with Crippen molar-refractivity contribution in [3.8, 4) is 0 Å². The largest absolute Gasteiger partial charge is 0.416 e. The Hall–Kier alpha value is -2.95. The highest BCUT2D eigenvalue weighted by Gasteiger charge is 2.42. The van der Waals surface area contributed by atoms with E-state index >= 15 is 0 Å². The van der Waals surface area contributed by atoms with Crippen molar-refractivity contribution in [2.24, 2.45) is 11.8 Å². The molecule has 1 saturated heterocycles. The molecular formula is C26H35N3O6S. The molecule has 0 aliphatic carbocycles. The molecule has 1 heterocycles. The van der Waals surface area contributed by atoms with Crippen LogP contribution in [0.25, 0.3) is 10.8 Å². The molecule has 1 aliphatic heterocycles. The second kappa shape index (κ2) is 11.9. The van der Waals surface area contributed by atoms with E-state index in [1.54, 1.807) is 30.6 Å². The van der Waals surface area contributed by atoms with Gasteiger partial charge in [-0.3, -0.25) is 10.0 Å². The number of rotatable bonds is 9. The predicted octanol–water partition coefficient (Wildman–Crippen LogP) is 4.13. The summed E-state index contributed by atoms with van der Waals surface area (Å²) in [4.78, 5) is 26.8. The number of hydroxylamine groups is 1. The number of likely N-dealkylation sites (tertiary alicyclic amines) is 1. The average molecular weight is 518 g/mol. The molecule has 0 unspecified atom stereocenters. The Morgan fingerprint density at radius 2 is 1.81 bits per heavy atom. The van der Waals surface area contributed by atoms with Gasteiger partial charge in [-0.1, -0.05) is 50.8 Å². The quantitative estimate of drug-likeness (QED) is 0.293. The van der Waals surface area contributed by atoms with Crippen molar-refractivity contribution < 1.29 is 28.0 Å². The lowest BCUT2D eigenvalue weighted by molar-refractivity contribution is -0.135. The number of ether oxygens (including phenoxy) is 1. The number of piperidine rings is 1. The van der Waals surface area contributed by atoms with E-state index in [-0.39, 0.29) is 23.1 Å². The van der Waals surface area contributed by atoms with Crippen LogP contribution in [0.2, 0.25) is 0 Å². The number of nitrogens with zero attached hydrogens (tertiary/aromatic N) is 2. The van der Waals surface area contributed by atoms with Crippen LogP contribution in [0.1, 0.15) is 40.0 Å². The number of carbonyl (C=O) groups is 2. The lowest BCUT2D eigenvalue weighted by atomic mass is 9.88. The fourth-order valence-corrected chi connectivity index (χ4v) is 6.21. The van der Waals surface area contributed by atoms with Crippen LogP contribution < -0.4 is 5.48 Å². The first-order valence-corrected chi connectivity index (χ1v) is 13.6. The van der Waals surface area contributed by atoms with Crippen molar-refractivity contribution >= 4 is 32.8 Å². The van der Waals surface area contributed by atoms with E-state index in [2.05, 4.69) is 6.58 Å². The van der Waals surface area contributed by atoms with Crippen LogP contribution in [0.3, 0.4) is 0 Å². The number of hydrogen-bond donors (Lipinski definition) is 2. The standard InChI is InChI=1S/C26H35N3O6S/c1-18(2)11-16-29(36(33,34)23-10-9-20-7-5-6-8-22(20)17-23)24(25(30)27-32)21-12-14-28(15-13-21)26(31)35-19(3)4/h5-10,17-18,21,24,32H,3,11-16H2,1-2,4H3,(H,27,30)/t24-/m1/s1. The SMILES string of the molecule is C=C(C)OC(=O)N1CCC([C@H](C(=O)NO)N(CCC(C)C)S(=O)(=O)c2ccc3ccccc3c2)CC1. The second-order valence-corrected chi connectivity index (χ2v) is 11.5. The zero-order valence-electron chi connectivity index (χ0n) is 21.0. The lowest BCUT2D eigenvalue weighted by Crippen LogP contribution is -2.55. The molecule has 196 valence electrons. The maximum absolute atomic E-state index is 14.0. The second-order valence-electron chi connectivity index (χ2n) is 9.62. The number of nitrogens with one attached hydrogen (secondary N) is 1. The van der Waals surface area contributed by atoms with Crippen molar-refractivity contribution in [2.45, 2.75) is 51.0 Å². The van der Waals surface area contributed by atoms with E-state index in [0.717, 1.165) is 10.8 Å². The lowest BCUT2D eigenvalue weighted by Gasteiger charge is -2.39. The van der Waals surface area contributed by atoms with Crippen molar-refractivity contribution in [3.05, 3.63) is 54.8 Å². The van der Waals surface area contributed by atoms with E-state index in [1.807, 2.05) is 38.1 Å². The molecule has 2 aromatic carbocycles. The molecule has 0 saturated carbocycles. The first-order chi connectivity index (χ1) is 17.0. The summed E-state index contributed by atoms with van der Waals surface area (Å²) < 4.78 is 34.2. The molecule has 1 aliphatic rings. The van der Waals surface area contributed by atoms with Gasteiger partial charge in [0.25, 0.3) is 5.91 Å². The van der Waals surface area contributed by atoms with Crippen molar-refractivity contribution in [1.82, 2.24) is 14.7 Å². The van der Waals surface area contributed by atoms with Gasteiger partial charge in [0.15, 0.2) is 0 Å². The molecule has 2 N–H and O–H groups in total. The number of amides is 2. The maximum Gasteiger partial charge on any atom is 0.414 e. The van der Waals surface area contributed by atoms with Gasteiger partial charge in [0, 0.05) is 19.6 Å². The van der Waals surface area contributed by atoms with E-state index in [4.69, 9.17) is 4.74 Å². The fourth-order valence-electron chi connectivity index (χ4n) is 4.51. The minimum absolute atomic E-state index is 0.0863. The highest BCUT2D eigenvalue weighted by Crippen LogP contribution is 2.31. The zero-order chi connectivity index (χ0) is 26.5. The van der Waals surface area contributed by atoms with E-state index in [1.165, 1.54) is 9.21 Å². The topological polar surface area (TPSA) is 116 Å². The summed E-state index contributed by atoms with van der Waals surface area (Å²) >= 11 is 0. The summed E-state index contributed by atoms with van der Waals surface area (Å²) in [6.45, 7) is 9.81. The van der Waals surface area contributed by atoms with E-state index < -0.39 is 34.0 Å². The van der Waals surface area contributed by atoms with Crippen LogP contribution in [-0.4, -0.2) is 60.5 Å². The number of allylic oxidation sites excluding steroid dienone is 1. The van der Waals surface area contributed by atoms with Gasteiger partial charge in [-0.25, -0.2) is 18.7 Å². The molecule has 3 rings (SSSR count). The Morgan fingerprint density at radius 3 is 2.39 bits per heavy atom. The molecule has 2 amide bonds. The number of fused-ring (bicyclic) bond motifs is 1. The first kappa shape index (κ1) is 27.6. The summed E-state index contributed by atoms with van der Waals surface area (Å²) in [5.41, 5.74) is 1.68. The van der Waals surface area contributed by atoms with E-state index in [0.29, 0.717) is 32.4 Å². The molecule has 1 fully saturated rings. The van der Waals surface area contributed by atoms with Crippen LogP contribution >= 0.6 is 0 Å². The van der Waals surface area contributed by atoms with E-state index in [9.17, 15) is 23.2 Å². The highest BCUT2D eigenvalue weighted by atomic mass is 32.2. The van der Waals surface area contributed by atoms with Crippen molar-refractivity contribution in [3.63, 3.8) is 0 Å². The van der Waals surface area contributed by atoms with Crippen LogP contribution in [0.4, 0.5) is 4.79 Å². The molecule has 0 spiro atoms. The Labute approximate surface area is 212 Å². The summed E-state index contributed by atoms with van der Waals surface area (Å²) in [5, 5.41) is 11.2. The molecule has 0 bridgehead atoms. The zero-order valence-corrected chi connectivity index (χ0v) is 21.8. The van der Waals surface area contributed by atoms with Gasteiger partial charge in [0.2, 0.25) is 10.0 Å². The Balaban J connectivity index is 1.95. The molecule has 2 aromatic rings. The summed E-state index contributed by atoms with van der Waals surface area (Å²) in [6, 6.07) is 11.2. The summed E-state index contributed by atoms with van der Waals surface area (Å²) in [7, 11) is -4.09. The minimum Gasteiger partial charge on any atom is -0.416 e. The highest BCUT2D eigenvalue weighted by molar-refractivity contribution is 7.89. The van der Waals surface area contributed by atoms with Crippen LogP contribution in [0, 0.1) is 11.8 Å². The Kier molecular flexibility index (Phi) is 9.10. The monoisotopic (exact) mass is 517 g/mol. The van der Waals surface area contributed by atoms with Gasteiger partial charge in [-0.2, -0.15) is 4.31 Å². The summed E-state index contributed by atoms with van der Waals surface area (Å²) in [6.07, 6.45) is 0.750. The van der Waals surface area contributed by atoms with Crippen molar-refractivity contribution in [1.29, 1.82) is 0 Å². The third kappa shape index (κ3) is 6.43. The van der Waals surface area contributed by atoms with Crippen LogP contribution in [-0.2, 0) is 19.6 Å². The number of benzene rings is 2. The number of hydrogen-bond acceptors (Lipinski definition) is 6. The van der Waals surface area contributed by atoms with Gasteiger partial charge >= 0.3 is 6.09 Å². The van der Waals surface area contributed by atoms with Crippen LogP contribution in [0.15, 0.2) is 59.7 Å². The van der Waals surface area contributed by atoms with Gasteiger partial charge in [-0.05, 0) is 60.9 Å². The molecule has 10 heteroatoms. The van der Waals surface area contributed by atoms with Crippen molar-refractivity contribution in [2.75, 3.05) is 19.6 Å². The molecule has 9 nitrogen and oxygen atoms in total. The Bertz CT molecular complexity index is 1210. The molecular weight excluding hydrogens is 482 g/mol. The minimum atomic E-state index is -4.09. The summed E-state index contributed by atoms with van der Waals surface area (Å²) in [5.74, 6) is -0.726. The van der Waals surface area contributed by atoms with Gasteiger partial charge in [0.1, 0.15) is 6.04 Å². The number of carbonyl (C=O) groups excluding carboxylic acids is 2. The molecule has 0 radical (unpaired) electrons. The third-order valence-electron chi connectivity index (χ3n) is 6.45. The van der Waals surface area contributed by atoms with Gasteiger partial charge in [0.05, 0.1) is 10.7 Å². The number of sulfonamides is 1. The molecule has 1 atom stereocenters. The maximum atomic E-state index is 14.0. The van der Waals surface area contributed by atoms with Gasteiger partial charge < -0.3 is 9.64 Å². The first-order valence-electron chi connectivity index (χ1n) is 12.1. The van der Waals surface area contributed by atoms with Crippen LogP contribution in [0.5, 0.6) is 0 Å². The average Bonchev–Trinajstić information content (AvgIpc) is 2.85. The molecule has 36 heavy (non-hydrogen) atoms. The third-order valence-corrected chi connectivity index (χ3v) is 8.33. The smallest absolute Gasteiger partial charge is 0.414 e. The molecule has 0 aromatic heterocycles. The fraction of sp³-hybridized carbons (Fsp3) is 0.462. The Morgan fingerprint density at radius 1 is 1.17 bits per heavy atom. The predicted molar refractivity (Wildman–Crippen MR) is 137 cm³/mol. The normalized spacial score (nSPS) is 15.8.